The van der Waals surface area contributed by atoms with Crippen LogP contribution in [0.4, 0.5) is 0 Å². The van der Waals surface area contributed by atoms with Gasteiger partial charge in [0.2, 0.25) is 0 Å². The van der Waals surface area contributed by atoms with Crippen molar-refractivity contribution in [1.29, 1.82) is 0 Å². The van der Waals surface area contributed by atoms with E-state index in [1.807, 2.05) is 0 Å². The van der Waals surface area contributed by atoms with Crippen LogP contribution in [-0.2, 0) is 4.79 Å². The molecular weight excluding hydrogens is 210 g/mol. The van der Waals surface area contributed by atoms with E-state index in [0.29, 0.717) is 12.0 Å². The van der Waals surface area contributed by atoms with Gasteiger partial charge in [-0.3, -0.25) is 4.79 Å². The highest BCUT2D eigenvalue weighted by atomic mass is 16.4. The van der Waals surface area contributed by atoms with Crippen LogP contribution >= 0.6 is 0 Å². The molecule has 1 amide bonds. The Labute approximate surface area is 92.7 Å². The summed E-state index contributed by atoms with van der Waals surface area (Å²) >= 11 is 0. The number of aliphatic carboxylic acids is 1. The monoisotopic (exact) mass is 223 g/mol. The van der Waals surface area contributed by atoms with Gasteiger partial charge >= 0.3 is 5.97 Å². The smallest absolute Gasteiger partial charge is 0.326 e. The van der Waals surface area contributed by atoms with Gasteiger partial charge in [0.1, 0.15) is 11.8 Å². The minimum atomic E-state index is -1.06. The predicted molar refractivity (Wildman–Crippen MR) is 57.3 cm³/mol. The summed E-state index contributed by atoms with van der Waals surface area (Å²) in [4.78, 5) is 22.3. The zero-order valence-electron chi connectivity index (χ0n) is 8.80. The molecule has 5 nitrogen and oxygen atoms in total. The van der Waals surface area contributed by atoms with E-state index in [0.717, 1.165) is 0 Å². The van der Waals surface area contributed by atoms with Crippen LogP contribution in [0.15, 0.2) is 24.3 Å². The number of aromatic hydroxyl groups is 1. The van der Waals surface area contributed by atoms with E-state index in [9.17, 15) is 9.59 Å². The van der Waals surface area contributed by atoms with E-state index >= 15 is 0 Å². The lowest BCUT2D eigenvalue weighted by Gasteiger charge is -2.11. The number of hydrogen-bond donors (Lipinski definition) is 3. The first-order chi connectivity index (χ1) is 7.54. The summed E-state index contributed by atoms with van der Waals surface area (Å²) in [7, 11) is 0. The van der Waals surface area contributed by atoms with Gasteiger partial charge in [0, 0.05) is 5.56 Å². The minimum absolute atomic E-state index is 0.0572. The summed E-state index contributed by atoms with van der Waals surface area (Å²) in [6, 6.07) is 4.72. The number of rotatable bonds is 4. The van der Waals surface area contributed by atoms with Crippen molar-refractivity contribution in [1.82, 2.24) is 5.32 Å². The van der Waals surface area contributed by atoms with Gasteiger partial charge in [0.15, 0.2) is 0 Å². The molecule has 0 saturated carbocycles. The van der Waals surface area contributed by atoms with Crippen LogP contribution in [0.2, 0.25) is 0 Å². The molecule has 1 aromatic carbocycles. The normalized spacial score (nSPS) is 11.8. The third-order valence-electron chi connectivity index (χ3n) is 2.14. The van der Waals surface area contributed by atoms with Crippen molar-refractivity contribution in [3.63, 3.8) is 0 Å². The van der Waals surface area contributed by atoms with Gasteiger partial charge in [-0.2, -0.15) is 0 Å². The summed E-state index contributed by atoms with van der Waals surface area (Å²) in [6.45, 7) is 1.68. The molecular formula is C11H13NO4. The molecule has 0 fully saturated rings. The van der Waals surface area contributed by atoms with E-state index in [4.69, 9.17) is 10.2 Å². The maximum Gasteiger partial charge on any atom is 0.326 e. The van der Waals surface area contributed by atoms with Crippen LogP contribution in [0.1, 0.15) is 23.7 Å². The third-order valence-corrected chi connectivity index (χ3v) is 2.14. The van der Waals surface area contributed by atoms with E-state index in [1.54, 1.807) is 6.92 Å². The molecule has 5 heteroatoms. The van der Waals surface area contributed by atoms with E-state index in [-0.39, 0.29) is 5.75 Å². The maximum atomic E-state index is 11.6. The molecule has 86 valence electrons. The average Bonchev–Trinajstić information content (AvgIpc) is 2.26. The first-order valence-corrected chi connectivity index (χ1v) is 4.87. The number of carboxylic acids is 1. The van der Waals surface area contributed by atoms with Crippen molar-refractivity contribution < 1.29 is 19.8 Å². The molecule has 0 aliphatic carbocycles. The fourth-order valence-electron chi connectivity index (χ4n) is 1.19. The molecule has 0 heterocycles. The standard InChI is InChI=1S/C11H13NO4/c1-2-9(11(15)16)12-10(14)7-3-5-8(13)6-4-7/h3-6,9,13H,2H2,1H3,(H,12,14)(H,15,16). The summed E-state index contributed by atoms with van der Waals surface area (Å²) in [5.74, 6) is -1.47. The molecule has 0 saturated heterocycles. The zero-order valence-corrected chi connectivity index (χ0v) is 8.80. The van der Waals surface area contributed by atoms with Gasteiger partial charge in [-0.25, -0.2) is 4.79 Å². The van der Waals surface area contributed by atoms with Crippen molar-refractivity contribution in [3.8, 4) is 5.75 Å². The van der Waals surface area contributed by atoms with Crippen molar-refractivity contribution in [2.24, 2.45) is 0 Å². The summed E-state index contributed by atoms with van der Waals surface area (Å²) < 4.78 is 0. The van der Waals surface area contributed by atoms with Crippen LogP contribution in [0.25, 0.3) is 0 Å². The number of benzene rings is 1. The Hall–Kier alpha value is -2.04. The number of carbonyl (C=O) groups excluding carboxylic acids is 1. The van der Waals surface area contributed by atoms with Gasteiger partial charge < -0.3 is 15.5 Å². The number of phenolic OH excluding ortho intramolecular Hbond substituents is 1. The van der Waals surface area contributed by atoms with Crippen LogP contribution in [0.5, 0.6) is 5.75 Å². The third kappa shape index (κ3) is 2.98. The number of phenols is 1. The predicted octanol–water partition coefficient (Wildman–Crippen LogP) is 0.985. The van der Waals surface area contributed by atoms with Gasteiger partial charge in [-0.05, 0) is 30.7 Å². The molecule has 1 atom stereocenters. The highest BCUT2D eigenvalue weighted by Gasteiger charge is 2.18. The van der Waals surface area contributed by atoms with Crippen molar-refractivity contribution >= 4 is 11.9 Å². The summed E-state index contributed by atoms with van der Waals surface area (Å²) in [6.07, 6.45) is 0.319. The Morgan fingerprint density at radius 3 is 2.31 bits per heavy atom. The van der Waals surface area contributed by atoms with Gasteiger partial charge in [0.25, 0.3) is 5.91 Å². The van der Waals surface area contributed by atoms with E-state index < -0.39 is 17.9 Å². The van der Waals surface area contributed by atoms with Gasteiger partial charge in [0.05, 0.1) is 0 Å². The molecule has 0 aliphatic rings. The minimum Gasteiger partial charge on any atom is -0.508 e. The Kier molecular flexibility index (Phi) is 3.88. The lowest BCUT2D eigenvalue weighted by atomic mass is 10.1. The molecule has 0 bridgehead atoms. The molecule has 1 aromatic rings. The molecule has 0 radical (unpaired) electrons. The van der Waals surface area contributed by atoms with E-state index in [2.05, 4.69) is 5.32 Å². The van der Waals surface area contributed by atoms with Crippen molar-refractivity contribution in [2.75, 3.05) is 0 Å². The Balaban J connectivity index is 2.71. The second kappa shape index (κ2) is 5.16. The second-order valence-electron chi connectivity index (χ2n) is 3.32. The molecule has 0 spiro atoms. The first-order valence-electron chi connectivity index (χ1n) is 4.87. The topological polar surface area (TPSA) is 86.6 Å². The van der Waals surface area contributed by atoms with Crippen LogP contribution in [0.3, 0.4) is 0 Å². The highest BCUT2D eigenvalue weighted by Crippen LogP contribution is 2.09. The number of carboxylic acid groups (broad SMARTS) is 1. The maximum absolute atomic E-state index is 11.6. The fraction of sp³-hybridized carbons (Fsp3) is 0.273. The van der Waals surface area contributed by atoms with Crippen molar-refractivity contribution in [2.45, 2.75) is 19.4 Å². The van der Waals surface area contributed by atoms with Gasteiger partial charge in [-0.15, -0.1) is 0 Å². The van der Waals surface area contributed by atoms with Gasteiger partial charge in [-0.1, -0.05) is 6.92 Å². The molecule has 1 unspecified atom stereocenters. The Bertz CT molecular complexity index is 385. The highest BCUT2D eigenvalue weighted by molar-refractivity contribution is 5.96. The molecule has 0 aliphatic heterocycles. The fourth-order valence-corrected chi connectivity index (χ4v) is 1.19. The summed E-state index contributed by atoms with van der Waals surface area (Å²) in [5, 5.41) is 20.2. The number of amides is 1. The first kappa shape index (κ1) is 12.0. The Morgan fingerprint density at radius 2 is 1.88 bits per heavy atom. The quantitative estimate of drug-likeness (QED) is 0.710. The summed E-state index contributed by atoms with van der Waals surface area (Å²) in [5.41, 5.74) is 0.317. The van der Waals surface area contributed by atoms with Crippen molar-refractivity contribution in [3.05, 3.63) is 29.8 Å². The lowest BCUT2D eigenvalue weighted by Crippen LogP contribution is -2.40. The largest absolute Gasteiger partial charge is 0.508 e. The molecule has 3 N–H and O–H groups in total. The molecule has 16 heavy (non-hydrogen) atoms. The van der Waals surface area contributed by atoms with Crippen LogP contribution < -0.4 is 5.32 Å². The van der Waals surface area contributed by atoms with E-state index in [1.165, 1.54) is 24.3 Å². The van der Waals surface area contributed by atoms with Crippen LogP contribution in [-0.4, -0.2) is 28.1 Å². The number of carbonyl (C=O) groups is 2. The number of nitrogens with one attached hydrogen (secondary N) is 1. The number of hydrogen-bond acceptors (Lipinski definition) is 3. The van der Waals surface area contributed by atoms with Crippen LogP contribution in [0, 0.1) is 0 Å². The molecule has 0 aromatic heterocycles. The molecule has 1 rings (SSSR count). The Morgan fingerprint density at radius 1 is 1.31 bits per heavy atom. The average molecular weight is 223 g/mol. The second-order valence-corrected chi connectivity index (χ2v) is 3.32. The SMILES string of the molecule is CCC(NC(=O)c1ccc(O)cc1)C(=O)O. The zero-order chi connectivity index (χ0) is 12.1. The lowest BCUT2D eigenvalue weighted by molar-refractivity contribution is -0.139.